The first kappa shape index (κ1) is 20.7. The number of amides is 3. The van der Waals surface area contributed by atoms with Gasteiger partial charge in [-0.05, 0) is 37.2 Å². The molecule has 1 aromatic carbocycles. The van der Waals surface area contributed by atoms with Gasteiger partial charge >= 0.3 is 6.03 Å². The minimum Gasteiger partial charge on any atom is -0.467 e. The molecular weight excluding hydrogens is 370 g/mol. The molecule has 0 unspecified atom stereocenters. The fourth-order valence-corrected chi connectivity index (χ4v) is 3.27. The Balaban J connectivity index is 1.21. The van der Waals surface area contributed by atoms with Crippen LogP contribution in [0, 0.1) is 0 Å². The van der Waals surface area contributed by atoms with E-state index in [1.54, 1.807) is 18.4 Å². The summed E-state index contributed by atoms with van der Waals surface area (Å²) in [7, 11) is 0. The zero-order valence-electron chi connectivity index (χ0n) is 16.6. The lowest BCUT2D eigenvalue weighted by Crippen LogP contribution is -2.47. The predicted octanol–water partition coefficient (Wildman–Crippen LogP) is 1.41. The standard InChI is InChI=1S/C21H29N5O3/c27-20(17-24-21(28)23-16-19-8-4-15-29-19)22-9-5-10-25-11-13-26(14-12-25)18-6-2-1-3-7-18/h1-4,6-8,15H,5,9-14,16-17H2,(H,22,27)(H2,23,24,28). The molecule has 8 nitrogen and oxygen atoms in total. The van der Waals surface area contributed by atoms with E-state index in [9.17, 15) is 9.59 Å². The first-order valence-corrected chi connectivity index (χ1v) is 10.0. The first-order chi connectivity index (χ1) is 14.2. The molecule has 0 aliphatic carbocycles. The number of furan rings is 1. The van der Waals surface area contributed by atoms with Crippen LogP contribution >= 0.6 is 0 Å². The van der Waals surface area contributed by atoms with Gasteiger partial charge in [0.2, 0.25) is 5.91 Å². The number of hydrogen-bond donors (Lipinski definition) is 3. The molecule has 3 rings (SSSR count). The van der Waals surface area contributed by atoms with Crippen LogP contribution in [0.25, 0.3) is 0 Å². The van der Waals surface area contributed by atoms with Gasteiger partial charge in [0.15, 0.2) is 0 Å². The van der Waals surface area contributed by atoms with E-state index in [0.29, 0.717) is 12.3 Å². The molecule has 3 amide bonds. The number of hydrogen-bond acceptors (Lipinski definition) is 5. The van der Waals surface area contributed by atoms with Crippen LogP contribution in [0.5, 0.6) is 0 Å². The van der Waals surface area contributed by atoms with E-state index in [4.69, 9.17) is 4.42 Å². The zero-order chi connectivity index (χ0) is 20.3. The molecule has 0 atom stereocenters. The lowest BCUT2D eigenvalue weighted by atomic mass is 10.2. The van der Waals surface area contributed by atoms with Crippen molar-refractivity contribution >= 4 is 17.6 Å². The summed E-state index contributed by atoms with van der Waals surface area (Å²) in [5.41, 5.74) is 1.28. The lowest BCUT2D eigenvalue weighted by Gasteiger charge is -2.36. The summed E-state index contributed by atoms with van der Waals surface area (Å²) in [6.45, 7) is 5.91. The number of urea groups is 1. The van der Waals surface area contributed by atoms with Gasteiger partial charge in [0, 0.05) is 38.4 Å². The number of rotatable bonds is 9. The van der Waals surface area contributed by atoms with Crippen LogP contribution in [0.3, 0.4) is 0 Å². The molecule has 1 fully saturated rings. The number of nitrogens with one attached hydrogen (secondary N) is 3. The van der Waals surface area contributed by atoms with Gasteiger partial charge in [-0.2, -0.15) is 0 Å². The van der Waals surface area contributed by atoms with E-state index in [0.717, 1.165) is 39.1 Å². The van der Waals surface area contributed by atoms with Crippen molar-refractivity contribution in [2.24, 2.45) is 0 Å². The van der Waals surface area contributed by atoms with Crippen LogP contribution in [0.2, 0.25) is 0 Å². The summed E-state index contributed by atoms with van der Waals surface area (Å²) < 4.78 is 5.12. The van der Waals surface area contributed by atoms with Crippen molar-refractivity contribution in [2.45, 2.75) is 13.0 Å². The molecular formula is C21H29N5O3. The Morgan fingerprint density at radius 1 is 0.931 bits per heavy atom. The van der Waals surface area contributed by atoms with Crippen LogP contribution in [0.15, 0.2) is 53.1 Å². The van der Waals surface area contributed by atoms with Gasteiger partial charge in [-0.3, -0.25) is 9.69 Å². The van der Waals surface area contributed by atoms with Crippen LogP contribution in [0.4, 0.5) is 10.5 Å². The topological polar surface area (TPSA) is 89.8 Å². The van der Waals surface area contributed by atoms with Gasteiger partial charge < -0.3 is 25.3 Å². The highest BCUT2D eigenvalue weighted by atomic mass is 16.3. The molecule has 3 N–H and O–H groups in total. The third-order valence-electron chi connectivity index (χ3n) is 4.88. The third kappa shape index (κ3) is 7.15. The van der Waals surface area contributed by atoms with Gasteiger partial charge in [-0.25, -0.2) is 4.79 Å². The second kappa shape index (κ2) is 11.1. The molecule has 1 aliphatic heterocycles. The van der Waals surface area contributed by atoms with Gasteiger partial charge in [0.25, 0.3) is 0 Å². The van der Waals surface area contributed by atoms with E-state index in [1.807, 2.05) is 6.07 Å². The Bertz CT molecular complexity index is 743. The summed E-state index contributed by atoms with van der Waals surface area (Å²) >= 11 is 0. The normalized spacial score (nSPS) is 14.4. The smallest absolute Gasteiger partial charge is 0.315 e. The summed E-state index contributed by atoms with van der Waals surface area (Å²) in [5, 5.41) is 8.01. The third-order valence-corrected chi connectivity index (χ3v) is 4.88. The van der Waals surface area contributed by atoms with E-state index in [-0.39, 0.29) is 19.0 Å². The maximum absolute atomic E-state index is 11.8. The largest absolute Gasteiger partial charge is 0.467 e. The molecule has 0 saturated carbocycles. The van der Waals surface area contributed by atoms with Crippen molar-refractivity contribution in [3.63, 3.8) is 0 Å². The van der Waals surface area contributed by atoms with E-state index in [1.165, 1.54) is 5.69 Å². The highest BCUT2D eigenvalue weighted by Gasteiger charge is 2.16. The maximum Gasteiger partial charge on any atom is 0.315 e. The van der Waals surface area contributed by atoms with Crippen LogP contribution < -0.4 is 20.9 Å². The minimum absolute atomic E-state index is 0.0419. The van der Waals surface area contributed by atoms with Crippen molar-refractivity contribution < 1.29 is 14.0 Å². The average molecular weight is 399 g/mol. The molecule has 0 radical (unpaired) electrons. The molecule has 0 bridgehead atoms. The van der Waals surface area contributed by atoms with Crippen molar-refractivity contribution in [3.05, 3.63) is 54.5 Å². The second-order valence-corrected chi connectivity index (χ2v) is 6.98. The molecule has 29 heavy (non-hydrogen) atoms. The number of benzene rings is 1. The minimum atomic E-state index is -0.396. The summed E-state index contributed by atoms with van der Waals surface area (Å²) in [6.07, 6.45) is 2.44. The Labute approximate surface area is 171 Å². The molecule has 1 aliphatic rings. The predicted molar refractivity (Wildman–Crippen MR) is 112 cm³/mol. The SMILES string of the molecule is O=C(CNC(=O)NCc1ccco1)NCCCN1CCN(c2ccccc2)CC1. The van der Waals surface area contributed by atoms with Crippen LogP contribution in [-0.4, -0.2) is 62.7 Å². The van der Waals surface area contributed by atoms with Crippen molar-refractivity contribution in [2.75, 3.05) is 50.7 Å². The zero-order valence-corrected chi connectivity index (χ0v) is 16.6. The highest BCUT2D eigenvalue weighted by molar-refractivity contribution is 5.83. The molecule has 0 spiro atoms. The van der Waals surface area contributed by atoms with Gasteiger partial charge in [-0.1, -0.05) is 18.2 Å². The summed E-state index contributed by atoms with van der Waals surface area (Å²) in [6, 6.07) is 13.6. The van der Waals surface area contributed by atoms with Gasteiger partial charge in [0.1, 0.15) is 5.76 Å². The maximum atomic E-state index is 11.8. The Kier molecular flexibility index (Phi) is 7.94. The van der Waals surface area contributed by atoms with Gasteiger partial charge in [-0.15, -0.1) is 0 Å². The quantitative estimate of drug-likeness (QED) is 0.555. The van der Waals surface area contributed by atoms with E-state index < -0.39 is 6.03 Å². The number of carbonyl (C=O) groups excluding carboxylic acids is 2. The number of anilines is 1. The average Bonchev–Trinajstić information content (AvgIpc) is 3.28. The lowest BCUT2D eigenvalue weighted by molar-refractivity contribution is -0.120. The van der Waals surface area contributed by atoms with Crippen LogP contribution in [0.1, 0.15) is 12.2 Å². The van der Waals surface area contributed by atoms with E-state index in [2.05, 4.69) is 50.0 Å². The Morgan fingerprint density at radius 3 is 2.45 bits per heavy atom. The van der Waals surface area contributed by atoms with Crippen molar-refractivity contribution in [1.29, 1.82) is 0 Å². The number of para-hydroxylation sites is 1. The molecule has 156 valence electrons. The Morgan fingerprint density at radius 2 is 1.72 bits per heavy atom. The molecule has 8 heteroatoms. The van der Waals surface area contributed by atoms with E-state index >= 15 is 0 Å². The molecule has 2 heterocycles. The van der Waals surface area contributed by atoms with Crippen LogP contribution in [-0.2, 0) is 11.3 Å². The second-order valence-electron chi connectivity index (χ2n) is 6.98. The number of carbonyl (C=O) groups is 2. The summed E-state index contributed by atoms with van der Waals surface area (Å²) in [5.74, 6) is 0.473. The molecule has 2 aromatic rings. The fraction of sp³-hybridized carbons (Fsp3) is 0.429. The first-order valence-electron chi connectivity index (χ1n) is 10.0. The van der Waals surface area contributed by atoms with Crippen molar-refractivity contribution in [1.82, 2.24) is 20.9 Å². The monoisotopic (exact) mass is 399 g/mol. The highest BCUT2D eigenvalue weighted by Crippen LogP contribution is 2.15. The van der Waals surface area contributed by atoms with Gasteiger partial charge in [0.05, 0.1) is 19.4 Å². The molecule has 1 aromatic heterocycles. The fourth-order valence-electron chi connectivity index (χ4n) is 3.27. The molecule has 1 saturated heterocycles. The Hall–Kier alpha value is -3.00. The number of nitrogens with zero attached hydrogens (tertiary/aromatic N) is 2. The van der Waals surface area contributed by atoms with Crippen molar-refractivity contribution in [3.8, 4) is 0 Å². The summed E-state index contributed by atoms with van der Waals surface area (Å²) in [4.78, 5) is 28.3. The number of piperazine rings is 1.